The largest absolute Gasteiger partial charge is 0.373 e. The van der Waals surface area contributed by atoms with Crippen LogP contribution in [0.4, 0.5) is 10.2 Å². The molecule has 0 aliphatic heterocycles. The van der Waals surface area contributed by atoms with Gasteiger partial charge in [-0.05, 0) is 35.4 Å². The zero-order valence-electron chi connectivity index (χ0n) is 13.7. The molecule has 7 heteroatoms. The van der Waals surface area contributed by atoms with Crippen molar-refractivity contribution in [2.24, 2.45) is 0 Å². The molecule has 0 amide bonds. The molecule has 4 rings (SSSR count). The van der Waals surface area contributed by atoms with E-state index in [0.29, 0.717) is 27.7 Å². The molecule has 4 aromatic rings. The summed E-state index contributed by atoms with van der Waals surface area (Å²) in [6, 6.07) is 10.5. The van der Waals surface area contributed by atoms with Gasteiger partial charge in [-0.25, -0.2) is 19.3 Å². The van der Waals surface area contributed by atoms with E-state index in [-0.39, 0.29) is 5.52 Å². The molecule has 26 heavy (non-hydrogen) atoms. The molecule has 0 bridgehead atoms. The molecular weight excluding hydrogens is 353 g/mol. The van der Waals surface area contributed by atoms with Crippen LogP contribution in [0.25, 0.3) is 33.5 Å². The fourth-order valence-corrected chi connectivity index (χ4v) is 2.84. The van der Waals surface area contributed by atoms with E-state index in [1.807, 2.05) is 18.2 Å². The quantitative estimate of drug-likeness (QED) is 0.575. The number of nitrogens with one attached hydrogen (secondary N) is 1. The van der Waals surface area contributed by atoms with Gasteiger partial charge in [-0.2, -0.15) is 0 Å². The average molecular weight is 366 g/mol. The molecule has 0 fully saturated rings. The number of anilines is 1. The van der Waals surface area contributed by atoms with Gasteiger partial charge >= 0.3 is 0 Å². The molecule has 128 valence electrons. The standard InChI is InChI=1S/C19H13ClFN5/c1-22-18-14-8-12(11-2-4-13(20)5-3-11)9-15(21)17(14)25-19(26-18)16-10-23-6-7-24-16/h2-10H,1H3,(H,22,25,26). The number of nitrogens with zero attached hydrogens (tertiary/aromatic N) is 4. The number of aromatic nitrogens is 4. The lowest BCUT2D eigenvalue weighted by Crippen LogP contribution is -2.01. The SMILES string of the molecule is CNc1nc(-c2cnccn2)nc2c(F)cc(-c3ccc(Cl)cc3)cc12. The zero-order chi connectivity index (χ0) is 18.1. The van der Waals surface area contributed by atoms with Gasteiger partial charge < -0.3 is 5.32 Å². The van der Waals surface area contributed by atoms with Crippen molar-refractivity contribution in [2.45, 2.75) is 0 Å². The summed E-state index contributed by atoms with van der Waals surface area (Å²) in [5.74, 6) is 0.398. The van der Waals surface area contributed by atoms with E-state index in [4.69, 9.17) is 11.6 Å². The number of benzene rings is 2. The van der Waals surface area contributed by atoms with E-state index < -0.39 is 5.82 Å². The number of hydrogen-bond donors (Lipinski definition) is 1. The minimum atomic E-state index is -0.434. The van der Waals surface area contributed by atoms with Crippen molar-refractivity contribution in [1.29, 1.82) is 0 Å². The number of fused-ring (bicyclic) bond motifs is 1. The van der Waals surface area contributed by atoms with Crippen molar-refractivity contribution in [2.75, 3.05) is 12.4 Å². The van der Waals surface area contributed by atoms with Gasteiger partial charge in [-0.3, -0.25) is 4.98 Å². The Kier molecular flexibility index (Phi) is 4.18. The van der Waals surface area contributed by atoms with Gasteiger partial charge in [0.15, 0.2) is 5.82 Å². The molecule has 5 nitrogen and oxygen atoms in total. The van der Waals surface area contributed by atoms with Crippen LogP contribution in [0.5, 0.6) is 0 Å². The molecular formula is C19H13ClFN5. The fourth-order valence-electron chi connectivity index (χ4n) is 2.72. The first-order chi connectivity index (χ1) is 12.7. The zero-order valence-corrected chi connectivity index (χ0v) is 14.5. The maximum absolute atomic E-state index is 14.8. The smallest absolute Gasteiger partial charge is 0.182 e. The molecule has 2 heterocycles. The molecule has 0 saturated heterocycles. The lowest BCUT2D eigenvalue weighted by molar-refractivity contribution is 0.637. The normalized spacial score (nSPS) is 10.9. The predicted molar refractivity (Wildman–Crippen MR) is 101 cm³/mol. The Bertz CT molecular complexity index is 1080. The van der Waals surface area contributed by atoms with E-state index in [9.17, 15) is 4.39 Å². The van der Waals surface area contributed by atoms with E-state index in [1.165, 1.54) is 6.07 Å². The van der Waals surface area contributed by atoms with E-state index in [0.717, 1.165) is 11.1 Å². The number of hydrogen-bond acceptors (Lipinski definition) is 5. The van der Waals surface area contributed by atoms with Crippen LogP contribution < -0.4 is 5.32 Å². The second-order valence-corrected chi connectivity index (χ2v) is 6.03. The highest BCUT2D eigenvalue weighted by atomic mass is 35.5. The van der Waals surface area contributed by atoms with E-state index >= 15 is 0 Å². The van der Waals surface area contributed by atoms with Crippen LogP contribution in [0, 0.1) is 5.82 Å². The van der Waals surface area contributed by atoms with Crippen LogP contribution in [-0.4, -0.2) is 27.0 Å². The summed E-state index contributed by atoms with van der Waals surface area (Å²) in [5.41, 5.74) is 2.28. The summed E-state index contributed by atoms with van der Waals surface area (Å²) < 4.78 is 14.8. The maximum Gasteiger partial charge on any atom is 0.182 e. The van der Waals surface area contributed by atoms with Crippen molar-refractivity contribution < 1.29 is 4.39 Å². The summed E-state index contributed by atoms with van der Waals surface area (Å²) in [7, 11) is 1.73. The third kappa shape index (κ3) is 2.95. The highest BCUT2D eigenvalue weighted by Crippen LogP contribution is 2.31. The first-order valence-electron chi connectivity index (χ1n) is 7.87. The van der Waals surface area contributed by atoms with Gasteiger partial charge in [-0.15, -0.1) is 0 Å². The average Bonchev–Trinajstić information content (AvgIpc) is 2.68. The Hall–Kier alpha value is -3.12. The minimum absolute atomic E-state index is 0.225. The van der Waals surface area contributed by atoms with Crippen molar-refractivity contribution in [3.05, 3.63) is 65.8 Å². The topological polar surface area (TPSA) is 63.6 Å². The highest BCUT2D eigenvalue weighted by molar-refractivity contribution is 6.30. The molecule has 0 unspecified atom stereocenters. The molecule has 2 aromatic carbocycles. The lowest BCUT2D eigenvalue weighted by atomic mass is 10.0. The summed E-state index contributed by atoms with van der Waals surface area (Å²) in [4.78, 5) is 17.0. The second-order valence-electron chi connectivity index (χ2n) is 5.60. The van der Waals surface area contributed by atoms with Gasteiger partial charge in [0.25, 0.3) is 0 Å². The van der Waals surface area contributed by atoms with Crippen molar-refractivity contribution in [3.63, 3.8) is 0 Å². The lowest BCUT2D eigenvalue weighted by Gasteiger charge is -2.11. The fraction of sp³-hybridized carbons (Fsp3) is 0.0526. The van der Waals surface area contributed by atoms with Gasteiger partial charge in [0.2, 0.25) is 0 Å². The van der Waals surface area contributed by atoms with Crippen LogP contribution in [0.1, 0.15) is 0 Å². The van der Waals surface area contributed by atoms with Crippen molar-refractivity contribution in [1.82, 2.24) is 19.9 Å². The first-order valence-corrected chi connectivity index (χ1v) is 8.25. The van der Waals surface area contributed by atoms with Crippen LogP contribution in [0.2, 0.25) is 5.02 Å². The van der Waals surface area contributed by atoms with Crippen LogP contribution in [-0.2, 0) is 0 Å². The van der Waals surface area contributed by atoms with Crippen LogP contribution in [0.3, 0.4) is 0 Å². The van der Waals surface area contributed by atoms with Gasteiger partial charge in [-0.1, -0.05) is 23.7 Å². The molecule has 0 aliphatic carbocycles. The summed E-state index contributed by atoms with van der Waals surface area (Å²) in [6.07, 6.45) is 4.64. The first kappa shape index (κ1) is 16.4. The molecule has 0 atom stereocenters. The third-order valence-electron chi connectivity index (χ3n) is 3.96. The monoisotopic (exact) mass is 365 g/mol. The van der Waals surface area contributed by atoms with Gasteiger partial charge in [0.05, 0.1) is 6.20 Å². The third-order valence-corrected chi connectivity index (χ3v) is 4.21. The number of halogens is 2. The Morgan fingerprint density at radius 2 is 1.81 bits per heavy atom. The van der Waals surface area contributed by atoms with Crippen molar-refractivity contribution in [3.8, 4) is 22.6 Å². The maximum atomic E-state index is 14.8. The Morgan fingerprint density at radius 3 is 2.50 bits per heavy atom. The minimum Gasteiger partial charge on any atom is -0.373 e. The molecule has 0 radical (unpaired) electrons. The van der Waals surface area contributed by atoms with Gasteiger partial charge in [0, 0.05) is 29.9 Å². The van der Waals surface area contributed by atoms with E-state index in [1.54, 1.807) is 37.8 Å². The van der Waals surface area contributed by atoms with Gasteiger partial charge in [0.1, 0.15) is 22.8 Å². The predicted octanol–water partition coefficient (Wildman–Crippen LogP) is 4.59. The summed E-state index contributed by atoms with van der Waals surface area (Å²) in [5, 5.41) is 4.22. The molecule has 2 aromatic heterocycles. The van der Waals surface area contributed by atoms with Crippen molar-refractivity contribution >= 4 is 28.3 Å². The summed E-state index contributed by atoms with van der Waals surface area (Å²) >= 11 is 5.93. The Labute approximate surface area is 153 Å². The molecule has 0 aliphatic rings. The molecule has 0 spiro atoms. The Balaban J connectivity index is 1.93. The van der Waals surface area contributed by atoms with E-state index in [2.05, 4.69) is 25.3 Å². The highest BCUT2D eigenvalue weighted by Gasteiger charge is 2.15. The molecule has 1 N–H and O–H groups in total. The van der Waals surface area contributed by atoms with Crippen LogP contribution >= 0.6 is 11.6 Å². The number of rotatable bonds is 3. The second kappa shape index (κ2) is 6.65. The Morgan fingerprint density at radius 1 is 1.00 bits per heavy atom. The van der Waals surface area contributed by atoms with Crippen LogP contribution in [0.15, 0.2) is 55.0 Å². The summed E-state index contributed by atoms with van der Waals surface area (Å²) in [6.45, 7) is 0. The molecule has 0 saturated carbocycles.